The van der Waals surface area contributed by atoms with Gasteiger partial charge in [0, 0.05) is 12.6 Å². The van der Waals surface area contributed by atoms with E-state index in [4.69, 9.17) is 0 Å². The lowest BCUT2D eigenvalue weighted by Gasteiger charge is -2.59. The average Bonchev–Trinajstić information content (AvgIpc) is 2.72. The molecule has 0 aromatic carbocycles. The Morgan fingerprint density at radius 1 is 1.03 bits per heavy atom. The van der Waals surface area contributed by atoms with Crippen LogP contribution in [0.15, 0.2) is 11.6 Å². The lowest BCUT2D eigenvalue weighted by molar-refractivity contribution is -0.144. The van der Waals surface area contributed by atoms with Crippen molar-refractivity contribution in [3.8, 4) is 0 Å². The zero-order chi connectivity index (χ0) is 26.3. The third-order valence-electron chi connectivity index (χ3n) is 8.88. The topological polar surface area (TPSA) is 98.7 Å². The van der Waals surface area contributed by atoms with Gasteiger partial charge in [-0.05, 0) is 87.0 Å². The van der Waals surface area contributed by atoms with Crippen molar-refractivity contribution in [3.05, 3.63) is 11.6 Å². The maximum atomic E-state index is 13.8. The second-order valence-electron chi connectivity index (χ2n) is 13.1. The summed E-state index contributed by atoms with van der Waals surface area (Å²) in [4.78, 5) is 40.6. The van der Waals surface area contributed by atoms with Crippen molar-refractivity contribution in [2.24, 2.45) is 34.5 Å². The number of nitrogens with zero attached hydrogens (tertiary/aromatic N) is 1. The summed E-state index contributed by atoms with van der Waals surface area (Å²) in [6, 6.07) is -1.41. The Balaban J connectivity index is 1.83. The van der Waals surface area contributed by atoms with E-state index in [-0.39, 0.29) is 40.8 Å². The Labute approximate surface area is 211 Å². The van der Waals surface area contributed by atoms with Crippen LogP contribution in [0.2, 0.25) is 0 Å². The van der Waals surface area contributed by atoms with Crippen molar-refractivity contribution >= 4 is 17.8 Å². The van der Waals surface area contributed by atoms with Crippen LogP contribution in [0.1, 0.15) is 80.1 Å². The van der Waals surface area contributed by atoms with Gasteiger partial charge < -0.3 is 20.6 Å². The van der Waals surface area contributed by atoms with Crippen molar-refractivity contribution in [2.45, 2.75) is 98.2 Å². The third-order valence-corrected chi connectivity index (χ3v) is 8.88. The molecule has 7 heteroatoms. The first kappa shape index (κ1) is 27.7. The Bertz CT molecular complexity index is 821. The van der Waals surface area contributed by atoms with Gasteiger partial charge in [-0.2, -0.15) is 0 Å². The van der Waals surface area contributed by atoms with Crippen LogP contribution in [0.4, 0.5) is 0 Å². The smallest absolute Gasteiger partial charge is 0.331 e. The fourth-order valence-electron chi connectivity index (χ4n) is 7.55. The lowest BCUT2D eigenvalue weighted by Crippen LogP contribution is -2.64. The molecule has 0 aliphatic heterocycles. The summed E-state index contributed by atoms with van der Waals surface area (Å²) in [6.45, 7) is 11.4. The van der Waals surface area contributed by atoms with Gasteiger partial charge in [-0.3, -0.25) is 9.59 Å². The van der Waals surface area contributed by atoms with Gasteiger partial charge in [0.05, 0.1) is 12.1 Å². The summed E-state index contributed by atoms with van der Waals surface area (Å²) in [7, 11) is 3.58. The normalized spacial score (nSPS) is 30.7. The van der Waals surface area contributed by atoms with Gasteiger partial charge in [-0.15, -0.1) is 0 Å². The zero-order valence-electron chi connectivity index (χ0n) is 23.0. The van der Waals surface area contributed by atoms with Crippen molar-refractivity contribution in [1.82, 2.24) is 15.5 Å². The molecule has 4 saturated carbocycles. The fraction of sp³-hybridized carbons (Fsp3) is 0.821. The summed E-state index contributed by atoms with van der Waals surface area (Å²) in [5, 5.41) is 15.9. The van der Waals surface area contributed by atoms with Gasteiger partial charge in [0.2, 0.25) is 11.8 Å². The molecule has 0 aromatic heterocycles. The molecule has 4 aliphatic rings. The molecule has 0 saturated heterocycles. The predicted molar refractivity (Wildman–Crippen MR) is 138 cm³/mol. The summed E-state index contributed by atoms with van der Waals surface area (Å²) < 4.78 is 0. The van der Waals surface area contributed by atoms with Crippen LogP contribution in [-0.2, 0) is 14.4 Å². The summed E-state index contributed by atoms with van der Waals surface area (Å²) in [6.07, 6.45) is 8.86. The van der Waals surface area contributed by atoms with Gasteiger partial charge in [-0.1, -0.05) is 40.7 Å². The molecule has 3 atom stereocenters. The monoisotopic (exact) mass is 489 g/mol. The van der Waals surface area contributed by atoms with Gasteiger partial charge in [0.25, 0.3) is 0 Å². The van der Waals surface area contributed by atoms with Crippen molar-refractivity contribution < 1.29 is 19.5 Å². The van der Waals surface area contributed by atoms with E-state index in [1.165, 1.54) is 19.3 Å². The van der Waals surface area contributed by atoms with E-state index in [1.807, 2.05) is 41.7 Å². The fourth-order valence-corrected chi connectivity index (χ4v) is 7.55. The van der Waals surface area contributed by atoms with Crippen LogP contribution in [0.5, 0.6) is 0 Å². The molecule has 0 radical (unpaired) electrons. The van der Waals surface area contributed by atoms with Crippen molar-refractivity contribution in [1.29, 1.82) is 0 Å². The number of aliphatic carboxylic acids is 1. The maximum absolute atomic E-state index is 13.8. The highest BCUT2D eigenvalue weighted by Gasteiger charge is 2.56. The third kappa shape index (κ3) is 5.76. The number of hydrogen-bond donors (Lipinski definition) is 3. The minimum Gasteiger partial charge on any atom is -0.478 e. The number of carboxylic acid groups (broad SMARTS) is 1. The summed E-state index contributed by atoms with van der Waals surface area (Å²) >= 11 is 0. The van der Waals surface area contributed by atoms with Gasteiger partial charge in [0.1, 0.15) is 6.04 Å². The number of carboxylic acids is 1. The number of hydrogen-bond acceptors (Lipinski definition) is 4. The highest BCUT2D eigenvalue weighted by molar-refractivity contribution is 5.91. The van der Waals surface area contributed by atoms with Crippen LogP contribution in [0.25, 0.3) is 0 Å². The van der Waals surface area contributed by atoms with E-state index < -0.39 is 17.4 Å². The molecule has 0 unspecified atom stereocenters. The first-order valence-electron chi connectivity index (χ1n) is 13.3. The number of carbonyl (C=O) groups excluding carboxylic acids is 2. The molecule has 4 rings (SSSR count). The number of carbonyl (C=O) groups is 3. The molecule has 4 bridgehead atoms. The number of amides is 2. The number of nitrogens with one attached hydrogen (secondary N) is 2. The zero-order valence-corrected chi connectivity index (χ0v) is 23.0. The largest absolute Gasteiger partial charge is 0.478 e. The average molecular weight is 490 g/mol. The standard InChI is InChI=1S/C28H47N3O4/c1-16(2)21(9-17(3)26(34)35)31(8)25(33)23(27(4,5)6)30-24(32)22(29-7)28-13-18-10-19(14-28)12-20(11-18)15-28/h9,16,18-23,29H,10-15H2,1-8H3,(H,30,32)(H,34,35)/t18?,19?,20?,21-,22-,23-,28?/m1/s1. The highest BCUT2D eigenvalue weighted by atomic mass is 16.4. The summed E-state index contributed by atoms with van der Waals surface area (Å²) in [5.74, 6) is 0.927. The quantitative estimate of drug-likeness (QED) is 0.428. The van der Waals surface area contributed by atoms with E-state index >= 15 is 0 Å². The lowest BCUT2D eigenvalue weighted by atomic mass is 9.47. The molecule has 7 nitrogen and oxygen atoms in total. The van der Waals surface area contributed by atoms with Gasteiger partial charge >= 0.3 is 5.97 Å². The Kier molecular flexibility index (Phi) is 8.10. The van der Waals surface area contributed by atoms with Crippen LogP contribution in [0, 0.1) is 34.5 Å². The van der Waals surface area contributed by atoms with Crippen LogP contribution >= 0.6 is 0 Å². The minimum atomic E-state index is -0.996. The van der Waals surface area contributed by atoms with Gasteiger partial charge in [-0.25, -0.2) is 4.79 Å². The van der Waals surface area contributed by atoms with Crippen LogP contribution < -0.4 is 10.6 Å². The first-order valence-corrected chi connectivity index (χ1v) is 13.3. The molecule has 3 N–H and O–H groups in total. The molecular formula is C28H47N3O4. The molecule has 198 valence electrons. The number of rotatable bonds is 9. The van der Waals surface area contributed by atoms with Gasteiger partial charge in [0.15, 0.2) is 0 Å². The molecule has 35 heavy (non-hydrogen) atoms. The minimum absolute atomic E-state index is 0.0200. The highest BCUT2D eigenvalue weighted by Crippen LogP contribution is 2.61. The Hall–Kier alpha value is -1.89. The van der Waals surface area contributed by atoms with Crippen LogP contribution in [-0.4, -0.2) is 60.0 Å². The molecule has 0 aromatic rings. The van der Waals surface area contributed by atoms with Crippen molar-refractivity contribution in [3.63, 3.8) is 0 Å². The predicted octanol–water partition coefficient (Wildman–Crippen LogP) is 3.84. The molecule has 4 aliphatic carbocycles. The molecule has 0 spiro atoms. The first-order chi connectivity index (χ1) is 16.2. The second kappa shape index (κ2) is 10.2. The molecular weight excluding hydrogens is 442 g/mol. The van der Waals surface area contributed by atoms with Crippen molar-refractivity contribution in [2.75, 3.05) is 14.1 Å². The SMILES string of the molecule is CN[C@H](C(=O)N[C@H](C(=O)N(C)[C@H](C=C(C)C(=O)O)C(C)C)C(C)(C)C)C12CC3CC(CC(C3)C1)C2. The van der Waals surface area contributed by atoms with Crippen LogP contribution in [0.3, 0.4) is 0 Å². The number of likely N-dealkylation sites (N-methyl/N-ethyl adjacent to an activating group) is 2. The van der Waals surface area contributed by atoms with E-state index in [2.05, 4.69) is 10.6 Å². The van der Waals surface area contributed by atoms with E-state index in [9.17, 15) is 19.5 Å². The summed E-state index contributed by atoms with van der Waals surface area (Å²) in [5.41, 5.74) is -0.322. The maximum Gasteiger partial charge on any atom is 0.331 e. The molecule has 0 heterocycles. The second-order valence-corrected chi connectivity index (χ2v) is 13.1. The Morgan fingerprint density at radius 2 is 1.51 bits per heavy atom. The van der Waals surface area contributed by atoms with E-state index in [0.29, 0.717) is 0 Å². The molecule has 4 fully saturated rings. The van der Waals surface area contributed by atoms with E-state index in [0.717, 1.165) is 37.0 Å². The molecule has 2 amide bonds. The van der Waals surface area contributed by atoms with E-state index in [1.54, 1.807) is 24.9 Å². The Morgan fingerprint density at radius 3 is 1.89 bits per heavy atom.